The number of para-hydroxylation sites is 2. The number of aromatic nitrogens is 2. The third-order valence-corrected chi connectivity index (χ3v) is 6.43. The van der Waals surface area contributed by atoms with Crippen LogP contribution in [0.4, 0.5) is 5.69 Å². The molecule has 0 aliphatic heterocycles. The van der Waals surface area contributed by atoms with Crippen molar-refractivity contribution in [2.75, 3.05) is 11.9 Å². The molecule has 0 spiro atoms. The van der Waals surface area contributed by atoms with Crippen LogP contribution in [0.2, 0.25) is 0 Å². The maximum atomic E-state index is 13.0. The van der Waals surface area contributed by atoms with Gasteiger partial charge in [-0.05, 0) is 39.8 Å². The second kappa shape index (κ2) is 10.6. The second-order valence-electron chi connectivity index (χ2n) is 8.18. The van der Waals surface area contributed by atoms with E-state index in [0.717, 1.165) is 22.5 Å². The normalized spacial score (nSPS) is 11.8. The molecule has 6 heteroatoms. The lowest BCUT2D eigenvalue weighted by Crippen LogP contribution is -2.22. The highest BCUT2D eigenvalue weighted by atomic mass is 32.2. The summed E-state index contributed by atoms with van der Waals surface area (Å²) in [6.07, 6.45) is 0. The summed E-state index contributed by atoms with van der Waals surface area (Å²) in [5, 5.41) is 3.32. The summed E-state index contributed by atoms with van der Waals surface area (Å²) in [5.74, 6) is 0.555. The fourth-order valence-corrected chi connectivity index (χ4v) is 4.37. The van der Waals surface area contributed by atoms with Gasteiger partial charge in [0, 0.05) is 11.1 Å². The first-order valence-corrected chi connectivity index (χ1v) is 12.3. The Hall–Kier alpha value is -3.51. The average molecular weight is 472 g/mol. The highest BCUT2D eigenvalue weighted by Gasteiger charge is 2.21. The van der Waals surface area contributed by atoms with Crippen molar-refractivity contribution in [2.45, 2.75) is 38.1 Å². The zero-order valence-corrected chi connectivity index (χ0v) is 20.7. The van der Waals surface area contributed by atoms with Gasteiger partial charge in [-0.2, -0.15) is 0 Å². The number of H-pyrrole nitrogens is 1. The molecule has 2 N–H and O–H groups in total. The van der Waals surface area contributed by atoms with Crippen molar-refractivity contribution < 1.29 is 9.53 Å². The van der Waals surface area contributed by atoms with Gasteiger partial charge >= 0.3 is 0 Å². The predicted molar refractivity (Wildman–Crippen MR) is 140 cm³/mol. The summed E-state index contributed by atoms with van der Waals surface area (Å²) in [6, 6.07) is 24.2. The fraction of sp³-hybridized carbons (Fsp3) is 0.214. The quantitative estimate of drug-likeness (QED) is 0.275. The van der Waals surface area contributed by atoms with Crippen molar-refractivity contribution in [2.24, 2.45) is 0 Å². The van der Waals surface area contributed by atoms with Crippen LogP contribution in [0.5, 0.6) is 5.75 Å². The van der Waals surface area contributed by atoms with Crippen molar-refractivity contribution in [1.29, 1.82) is 0 Å². The first-order valence-electron chi connectivity index (χ1n) is 11.4. The van der Waals surface area contributed by atoms with Crippen molar-refractivity contribution in [3.63, 3.8) is 0 Å². The van der Waals surface area contributed by atoms with E-state index < -0.39 is 0 Å². The van der Waals surface area contributed by atoms with Crippen LogP contribution in [-0.4, -0.2) is 27.7 Å². The number of amides is 1. The van der Waals surface area contributed by atoms with Crippen molar-refractivity contribution in [3.8, 4) is 28.3 Å². The van der Waals surface area contributed by atoms with Crippen LogP contribution in [0.25, 0.3) is 22.5 Å². The number of ether oxygens (including phenoxy) is 1. The van der Waals surface area contributed by atoms with Crippen LogP contribution < -0.4 is 10.1 Å². The zero-order chi connectivity index (χ0) is 24.1. The van der Waals surface area contributed by atoms with E-state index in [9.17, 15) is 4.79 Å². The molecule has 1 amide bonds. The molecule has 0 aliphatic rings. The Morgan fingerprint density at radius 2 is 1.59 bits per heavy atom. The molecule has 4 rings (SSSR count). The molecule has 0 fully saturated rings. The van der Waals surface area contributed by atoms with Crippen LogP contribution in [0.15, 0.2) is 78.0 Å². The molecule has 0 aliphatic carbocycles. The van der Waals surface area contributed by atoms with E-state index in [-0.39, 0.29) is 11.2 Å². The molecular weight excluding hydrogens is 442 g/mol. The summed E-state index contributed by atoms with van der Waals surface area (Å²) in [6.45, 7) is 8.48. The molecule has 4 aromatic rings. The number of hydrogen-bond donors (Lipinski definition) is 2. The number of carbonyl (C=O) groups is 1. The highest BCUT2D eigenvalue weighted by Crippen LogP contribution is 2.34. The number of imidazole rings is 1. The highest BCUT2D eigenvalue weighted by molar-refractivity contribution is 8.00. The second-order valence-corrected chi connectivity index (χ2v) is 9.51. The van der Waals surface area contributed by atoms with Crippen LogP contribution >= 0.6 is 11.8 Å². The molecular formula is C28H29N3O2S. The minimum Gasteiger partial charge on any atom is -0.492 e. The first-order chi connectivity index (χ1) is 16.4. The maximum absolute atomic E-state index is 13.0. The number of hydrogen-bond acceptors (Lipinski definition) is 4. The van der Waals surface area contributed by atoms with E-state index in [4.69, 9.17) is 9.72 Å². The summed E-state index contributed by atoms with van der Waals surface area (Å²) in [7, 11) is 0. The SMILES string of the molecule is CCOc1ccccc1NC(=O)C(C)Sc1nc(-c2ccc(C)cc2)c(-c2ccc(C)cc2)[nH]1. The Morgan fingerprint density at radius 3 is 2.24 bits per heavy atom. The molecule has 1 heterocycles. The Balaban J connectivity index is 1.59. The fourth-order valence-electron chi connectivity index (χ4n) is 3.56. The molecule has 5 nitrogen and oxygen atoms in total. The van der Waals surface area contributed by atoms with Gasteiger partial charge in [0.2, 0.25) is 5.91 Å². The van der Waals surface area contributed by atoms with Crippen LogP contribution in [0.3, 0.4) is 0 Å². The predicted octanol–water partition coefficient (Wildman–Crippen LogP) is 6.88. The first kappa shape index (κ1) is 23.6. The summed E-state index contributed by atoms with van der Waals surface area (Å²) in [4.78, 5) is 21.3. The van der Waals surface area contributed by atoms with E-state index in [0.29, 0.717) is 23.2 Å². The smallest absolute Gasteiger partial charge is 0.237 e. The van der Waals surface area contributed by atoms with E-state index in [2.05, 4.69) is 72.7 Å². The summed E-state index contributed by atoms with van der Waals surface area (Å²) >= 11 is 1.40. The molecule has 34 heavy (non-hydrogen) atoms. The number of rotatable bonds is 8. The Bertz CT molecular complexity index is 1200. The molecule has 0 saturated carbocycles. The third-order valence-electron chi connectivity index (χ3n) is 5.45. The lowest BCUT2D eigenvalue weighted by atomic mass is 10.0. The average Bonchev–Trinajstić information content (AvgIpc) is 3.25. The maximum Gasteiger partial charge on any atom is 0.237 e. The van der Waals surface area contributed by atoms with Gasteiger partial charge in [0.1, 0.15) is 5.75 Å². The van der Waals surface area contributed by atoms with Gasteiger partial charge in [-0.1, -0.05) is 83.6 Å². The van der Waals surface area contributed by atoms with E-state index in [1.54, 1.807) is 0 Å². The number of nitrogens with zero attached hydrogens (tertiary/aromatic N) is 1. The molecule has 0 radical (unpaired) electrons. The molecule has 174 valence electrons. The van der Waals surface area contributed by atoms with Gasteiger partial charge in [-0.25, -0.2) is 4.98 Å². The third kappa shape index (κ3) is 5.51. The van der Waals surface area contributed by atoms with Crippen LogP contribution in [0, 0.1) is 13.8 Å². The molecule has 3 aromatic carbocycles. The van der Waals surface area contributed by atoms with Gasteiger partial charge in [0.05, 0.1) is 28.9 Å². The molecule has 0 bridgehead atoms. The van der Waals surface area contributed by atoms with Gasteiger partial charge in [0.15, 0.2) is 5.16 Å². The van der Waals surface area contributed by atoms with Crippen LogP contribution in [0.1, 0.15) is 25.0 Å². The van der Waals surface area contributed by atoms with Crippen molar-refractivity contribution >= 4 is 23.4 Å². The van der Waals surface area contributed by atoms with E-state index in [1.165, 1.54) is 22.9 Å². The lowest BCUT2D eigenvalue weighted by Gasteiger charge is -2.14. The number of anilines is 1. The van der Waals surface area contributed by atoms with Gasteiger partial charge in [-0.3, -0.25) is 4.79 Å². The van der Waals surface area contributed by atoms with E-state index in [1.807, 2.05) is 38.1 Å². The van der Waals surface area contributed by atoms with Gasteiger partial charge in [0.25, 0.3) is 0 Å². The van der Waals surface area contributed by atoms with Gasteiger partial charge < -0.3 is 15.0 Å². The monoisotopic (exact) mass is 471 g/mol. The number of benzene rings is 3. The summed E-state index contributed by atoms with van der Waals surface area (Å²) in [5.41, 5.74) is 6.98. The Labute approximate surface area is 205 Å². The molecule has 1 atom stereocenters. The number of nitrogens with one attached hydrogen (secondary N) is 2. The zero-order valence-electron chi connectivity index (χ0n) is 19.9. The Kier molecular flexibility index (Phi) is 7.38. The molecule has 1 aromatic heterocycles. The number of aromatic amines is 1. The minimum absolute atomic E-state index is 0.109. The van der Waals surface area contributed by atoms with E-state index >= 15 is 0 Å². The Morgan fingerprint density at radius 1 is 0.971 bits per heavy atom. The molecule has 1 unspecified atom stereocenters. The molecule has 0 saturated heterocycles. The van der Waals surface area contributed by atoms with Gasteiger partial charge in [-0.15, -0.1) is 0 Å². The number of aryl methyl sites for hydroxylation is 2. The number of thioether (sulfide) groups is 1. The van der Waals surface area contributed by atoms with Crippen molar-refractivity contribution in [3.05, 3.63) is 83.9 Å². The largest absolute Gasteiger partial charge is 0.492 e. The standard InChI is InChI=1S/C28H29N3O2S/c1-5-33-24-9-7-6-8-23(24)29-27(32)20(4)34-28-30-25(21-14-10-18(2)11-15-21)26(31-28)22-16-12-19(3)13-17-22/h6-17,20H,5H2,1-4H3,(H,29,32)(H,30,31). The van der Waals surface area contributed by atoms with Crippen LogP contribution in [-0.2, 0) is 4.79 Å². The van der Waals surface area contributed by atoms with Crippen molar-refractivity contribution in [1.82, 2.24) is 9.97 Å². The number of carbonyl (C=O) groups excluding carboxylic acids is 1. The topological polar surface area (TPSA) is 67.0 Å². The summed E-state index contributed by atoms with van der Waals surface area (Å²) < 4.78 is 5.63. The lowest BCUT2D eigenvalue weighted by molar-refractivity contribution is -0.115. The minimum atomic E-state index is -0.363.